The monoisotopic (exact) mass is 309 g/mol. The molecule has 4 rings (SSSR count). The maximum Gasteiger partial charge on any atom is 0.253 e. The van der Waals surface area contributed by atoms with Crippen LogP contribution in [0.1, 0.15) is 29.0 Å². The van der Waals surface area contributed by atoms with Gasteiger partial charge in [-0.1, -0.05) is 24.3 Å². The van der Waals surface area contributed by atoms with Gasteiger partial charge in [0, 0.05) is 6.54 Å². The van der Waals surface area contributed by atoms with Crippen LogP contribution in [0, 0.1) is 24.7 Å². The quantitative estimate of drug-likeness (QED) is 0.876. The van der Waals surface area contributed by atoms with Crippen molar-refractivity contribution in [3.8, 4) is 5.69 Å². The van der Waals surface area contributed by atoms with Crippen molar-refractivity contribution in [1.29, 1.82) is 0 Å². The molecule has 1 aromatic heterocycles. The zero-order chi connectivity index (χ0) is 15.8. The number of hydrogen-bond donors (Lipinski definition) is 1. The molecular weight excluding hydrogens is 290 g/mol. The number of allylic oxidation sites excluding steroid dienone is 2. The lowest BCUT2D eigenvalue weighted by molar-refractivity contribution is 0.0945. The summed E-state index contributed by atoms with van der Waals surface area (Å²) in [6, 6.07) is 7.41. The molecule has 0 unspecified atom stereocenters. The number of para-hydroxylation sites is 1. The molecule has 2 aliphatic rings. The summed E-state index contributed by atoms with van der Waals surface area (Å²) in [7, 11) is 0. The normalized spacial score (nSPS) is 25.0. The van der Waals surface area contributed by atoms with E-state index in [1.54, 1.807) is 4.68 Å². The Balaban J connectivity index is 1.51. The predicted octanol–water partition coefficient (Wildman–Crippen LogP) is 1.91. The van der Waals surface area contributed by atoms with Gasteiger partial charge >= 0.3 is 0 Å². The van der Waals surface area contributed by atoms with E-state index < -0.39 is 0 Å². The summed E-state index contributed by atoms with van der Waals surface area (Å²) in [6.07, 6.45) is 7.07. The highest BCUT2D eigenvalue weighted by molar-refractivity contribution is 5.97. The molecule has 2 bridgehead atoms. The molecule has 6 heteroatoms. The van der Waals surface area contributed by atoms with Gasteiger partial charge in [0.15, 0.2) is 5.82 Å². The third kappa shape index (κ3) is 2.54. The summed E-state index contributed by atoms with van der Waals surface area (Å²) in [5.41, 5.74) is 1.31. The van der Waals surface area contributed by atoms with Gasteiger partial charge in [0.1, 0.15) is 0 Å². The van der Waals surface area contributed by atoms with E-state index in [0.29, 0.717) is 28.9 Å². The zero-order valence-corrected chi connectivity index (χ0v) is 13.0. The van der Waals surface area contributed by atoms with Crippen LogP contribution in [0.3, 0.4) is 0 Å². The number of nitrogens with zero attached hydrogens (tertiary/aromatic N) is 4. The molecule has 2 aliphatic carbocycles. The van der Waals surface area contributed by atoms with Crippen LogP contribution in [0.4, 0.5) is 0 Å². The number of carbonyl (C=O) groups is 1. The Morgan fingerprint density at radius 3 is 2.87 bits per heavy atom. The van der Waals surface area contributed by atoms with Crippen LogP contribution >= 0.6 is 0 Å². The summed E-state index contributed by atoms with van der Waals surface area (Å²) in [5.74, 6) is 2.51. The van der Waals surface area contributed by atoms with Crippen LogP contribution in [0.2, 0.25) is 0 Å². The van der Waals surface area contributed by atoms with Crippen molar-refractivity contribution in [2.24, 2.45) is 17.8 Å². The van der Waals surface area contributed by atoms with E-state index >= 15 is 0 Å². The number of nitrogens with one attached hydrogen (secondary N) is 1. The summed E-state index contributed by atoms with van der Waals surface area (Å²) in [6.45, 7) is 2.55. The molecule has 2 aromatic rings. The van der Waals surface area contributed by atoms with Crippen LogP contribution in [0.5, 0.6) is 0 Å². The highest BCUT2D eigenvalue weighted by atomic mass is 16.1. The SMILES string of the molecule is Cc1nnnn1-c1ccccc1C(=O)NC[C@@H]1C[C@H]2C=C[C@H]1C2. The van der Waals surface area contributed by atoms with Gasteiger partial charge in [0.25, 0.3) is 5.91 Å². The Morgan fingerprint density at radius 1 is 1.30 bits per heavy atom. The van der Waals surface area contributed by atoms with E-state index in [4.69, 9.17) is 0 Å². The first-order chi connectivity index (χ1) is 11.2. The molecule has 1 aromatic carbocycles. The van der Waals surface area contributed by atoms with Gasteiger partial charge in [-0.2, -0.15) is 4.68 Å². The van der Waals surface area contributed by atoms with Gasteiger partial charge in [-0.15, -0.1) is 5.10 Å². The first-order valence-electron chi connectivity index (χ1n) is 8.03. The topological polar surface area (TPSA) is 72.7 Å². The second-order valence-electron chi connectivity index (χ2n) is 6.41. The van der Waals surface area contributed by atoms with E-state index in [2.05, 4.69) is 33.0 Å². The molecule has 118 valence electrons. The third-order valence-electron chi connectivity index (χ3n) is 4.94. The maximum atomic E-state index is 12.6. The van der Waals surface area contributed by atoms with Crippen LogP contribution in [0.15, 0.2) is 36.4 Å². The molecule has 1 N–H and O–H groups in total. The van der Waals surface area contributed by atoms with Crippen molar-refractivity contribution in [3.63, 3.8) is 0 Å². The minimum absolute atomic E-state index is 0.0674. The smallest absolute Gasteiger partial charge is 0.253 e. The third-order valence-corrected chi connectivity index (χ3v) is 4.94. The molecule has 0 saturated heterocycles. The average molecular weight is 309 g/mol. The number of aryl methyl sites for hydroxylation is 1. The molecule has 0 spiro atoms. The molecule has 1 saturated carbocycles. The lowest BCUT2D eigenvalue weighted by atomic mass is 9.93. The first-order valence-corrected chi connectivity index (χ1v) is 8.03. The Labute approximate surface area is 134 Å². The number of hydrogen-bond acceptors (Lipinski definition) is 4. The number of fused-ring (bicyclic) bond motifs is 2. The van der Waals surface area contributed by atoms with Crippen molar-refractivity contribution in [1.82, 2.24) is 25.5 Å². The van der Waals surface area contributed by atoms with Gasteiger partial charge in [0.2, 0.25) is 0 Å². The minimum atomic E-state index is -0.0674. The maximum absolute atomic E-state index is 12.6. The molecular formula is C17H19N5O. The van der Waals surface area contributed by atoms with Gasteiger partial charge in [0.05, 0.1) is 11.3 Å². The van der Waals surface area contributed by atoms with Crippen LogP contribution in [0.25, 0.3) is 5.69 Å². The van der Waals surface area contributed by atoms with E-state index in [0.717, 1.165) is 12.5 Å². The van der Waals surface area contributed by atoms with Gasteiger partial charge in [-0.25, -0.2) is 0 Å². The fourth-order valence-corrected chi connectivity index (χ4v) is 3.75. The largest absolute Gasteiger partial charge is 0.352 e. The van der Waals surface area contributed by atoms with Crippen molar-refractivity contribution >= 4 is 5.91 Å². The Bertz CT molecular complexity index is 766. The predicted molar refractivity (Wildman–Crippen MR) is 85.1 cm³/mol. The number of aromatic nitrogens is 4. The summed E-state index contributed by atoms with van der Waals surface area (Å²) >= 11 is 0. The average Bonchev–Trinajstić information content (AvgIpc) is 3.29. The van der Waals surface area contributed by atoms with Crippen LogP contribution in [-0.2, 0) is 0 Å². The van der Waals surface area contributed by atoms with E-state index in [1.807, 2.05) is 31.2 Å². The van der Waals surface area contributed by atoms with Crippen LogP contribution in [-0.4, -0.2) is 32.7 Å². The number of carbonyl (C=O) groups excluding carboxylic acids is 1. The Morgan fingerprint density at radius 2 is 2.17 bits per heavy atom. The van der Waals surface area contributed by atoms with Gasteiger partial charge < -0.3 is 5.32 Å². The molecule has 6 nitrogen and oxygen atoms in total. The highest BCUT2D eigenvalue weighted by Gasteiger charge is 2.35. The summed E-state index contributed by atoms with van der Waals surface area (Å²) < 4.78 is 1.59. The van der Waals surface area contributed by atoms with Crippen LogP contribution < -0.4 is 5.32 Å². The molecule has 1 heterocycles. The fourth-order valence-electron chi connectivity index (χ4n) is 3.75. The standard InChI is InChI=1S/C17H19N5O/c1-11-19-20-21-22(11)16-5-3-2-4-15(16)17(23)18-10-14-9-12-6-7-13(14)8-12/h2-7,12-14H,8-10H2,1H3,(H,18,23)/t12-,13-,14-/m0/s1. The summed E-state index contributed by atoms with van der Waals surface area (Å²) in [5, 5.41) is 14.6. The van der Waals surface area contributed by atoms with E-state index in [1.165, 1.54) is 12.8 Å². The lowest BCUT2D eigenvalue weighted by Gasteiger charge is -2.19. The van der Waals surface area contributed by atoms with Crippen molar-refractivity contribution < 1.29 is 4.79 Å². The second-order valence-corrected chi connectivity index (χ2v) is 6.41. The number of tetrazole rings is 1. The molecule has 0 radical (unpaired) electrons. The molecule has 0 aliphatic heterocycles. The zero-order valence-electron chi connectivity index (χ0n) is 13.0. The molecule has 3 atom stereocenters. The first kappa shape index (κ1) is 14.1. The Hall–Kier alpha value is -2.50. The number of benzene rings is 1. The van der Waals surface area contributed by atoms with Gasteiger partial charge in [-0.05, 0) is 60.1 Å². The van der Waals surface area contributed by atoms with E-state index in [-0.39, 0.29) is 5.91 Å². The van der Waals surface area contributed by atoms with Crippen molar-refractivity contribution in [3.05, 3.63) is 47.8 Å². The number of rotatable bonds is 4. The molecule has 23 heavy (non-hydrogen) atoms. The number of amides is 1. The summed E-state index contributed by atoms with van der Waals surface area (Å²) in [4.78, 5) is 12.6. The minimum Gasteiger partial charge on any atom is -0.352 e. The van der Waals surface area contributed by atoms with Crippen molar-refractivity contribution in [2.45, 2.75) is 19.8 Å². The van der Waals surface area contributed by atoms with Crippen molar-refractivity contribution in [2.75, 3.05) is 6.54 Å². The molecule has 1 amide bonds. The van der Waals surface area contributed by atoms with E-state index in [9.17, 15) is 4.79 Å². The second kappa shape index (κ2) is 5.61. The Kier molecular flexibility index (Phi) is 3.44. The lowest BCUT2D eigenvalue weighted by Crippen LogP contribution is -2.31. The van der Waals surface area contributed by atoms with Gasteiger partial charge in [-0.3, -0.25) is 4.79 Å². The fraction of sp³-hybridized carbons (Fsp3) is 0.412. The molecule has 1 fully saturated rings. The highest BCUT2D eigenvalue weighted by Crippen LogP contribution is 2.42.